The number of hydrogen-bond donors (Lipinski definition) is 0. The minimum atomic E-state index is -2.09. The van der Waals surface area contributed by atoms with Crippen LogP contribution in [0.3, 0.4) is 0 Å². The molecule has 0 N–H and O–H groups in total. The highest BCUT2D eigenvalue weighted by molar-refractivity contribution is 9.10. The molecule has 6 rings (SSSR count). The van der Waals surface area contributed by atoms with Crippen LogP contribution in [0.5, 0.6) is 5.75 Å². The van der Waals surface area contributed by atoms with E-state index in [1.165, 1.54) is 7.11 Å². The van der Waals surface area contributed by atoms with Gasteiger partial charge in [-0.05, 0) is 29.8 Å². The molecule has 3 atom stereocenters. The standard InChI is InChI=1S/C27H18BrNO6/c1-34-17-6-4-5-16(13-17)29-25(32)20-21(26(29)33)27(35-22(20)14-9-11-15(28)12-10-14)23(30)18-7-2-3-8-19(18)24(27)31/h2-13,20-22H,1H3/t20-,21-,22+/m1/s1. The summed E-state index contributed by atoms with van der Waals surface area (Å²) in [5.41, 5.74) is -0.772. The van der Waals surface area contributed by atoms with E-state index in [4.69, 9.17) is 9.47 Å². The monoisotopic (exact) mass is 531 g/mol. The van der Waals surface area contributed by atoms with Crippen molar-refractivity contribution >= 4 is 45.0 Å². The number of imide groups is 1. The Morgan fingerprint density at radius 1 is 0.857 bits per heavy atom. The maximum absolute atomic E-state index is 13.9. The summed E-state index contributed by atoms with van der Waals surface area (Å²) >= 11 is 3.39. The van der Waals surface area contributed by atoms with Gasteiger partial charge in [0.25, 0.3) is 0 Å². The zero-order valence-electron chi connectivity index (χ0n) is 18.4. The number of benzene rings is 3. The molecule has 0 saturated carbocycles. The molecule has 0 radical (unpaired) electrons. The topological polar surface area (TPSA) is 90.0 Å². The van der Waals surface area contributed by atoms with Crippen molar-refractivity contribution in [3.05, 3.63) is 94.0 Å². The molecule has 2 heterocycles. The second-order valence-electron chi connectivity index (χ2n) is 8.75. The van der Waals surface area contributed by atoms with Gasteiger partial charge in [-0.2, -0.15) is 0 Å². The lowest BCUT2D eigenvalue weighted by atomic mass is 9.77. The third-order valence-corrected chi connectivity index (χ3v) is 7.56. The van der Waals surface area contributed by atoms with Crippen molar-refractivity contribution in [2.45, 2.75) is 11.7 Å². The first-order valence-corrected chi connectivity index (χ1v) is 11.8. The third kappa shape index (κ3) is 2.87. The van der Waals surface area contributed by atoms with Crippen LogP contribution in [-0.2, 0) is 14.3 Å². The Balaban J connectivity index is 1.54. The number of methoxy groups -OCH3 is 1. The van der Waals surface area contributed by atoms with Gasteiger partial charge in [-0.3, -0.25) is 19.2 Å². The van der Waals surface area contributed by atoms with Crippen LogP contribution in [0, 0.1) is 11.8 Å². The van der Waals surface area contributed by atoms with E-state index in [-0.39, 0.29) is 11.1 Å². The minimum Gasteiger partial charge on any atom is -0.497 e. The molecule has 2 aliphatic heterocycles. The number of Topliss-reactive ketones (excluding diaryl/α,β-unsaturated/α-hetero) is 2. The first kappa shape index (κ1) is 21.9. The van der Waals surface area contributed by atoms with Crippen LogP contribution >= 0.6 is 15.9 Å². The average Bonchev–Trinajstić information content (AvgIpc) is 3.44. The van der Waals surface area contributed by atoms with E-state index in [9.17, 15) is 19.2 Å². The first-order valence-electron chi connectivity index (χ1n) is 11.0. The van der Waals surface area contributed by atoms with Crippen LogP contribution in [0.4, 0.5) is 5.69 Å². The maximum Gasteiger partial charge on any atom is 0.241 e. The van der Waals surface area contributed by atoms with Crippen molar-refractivity contribution in [2.24, 2.45) is 11.8 Å². The van der Waals surface area contributed by atoms with Crippen molar-refractivity contribution in [1.29, 1.82) is 0 Å². The quantitative estimate of drug-likeness (QED) is 0.372. The Morgan fingerprint density at radius 3 is 2.14 bits per heavy atom. The van der Waals surface area contributed by atoms with Crippen molar-refractivity contribution < 1.29 is 28.7 Å². The van der Waals surface area contributed by atoms with Gasteiger partial charge in [0, 0.05) is 21.7 Å². The largest absolute Gasteiger partial charge is 0.497 e. The van der Waals surface area contributed by atoms with E-state index in [0.717, 1.165) is 9.37 Å². The Hall–Kier alpha value is -3.62. The molecule has 174 valence electrons. The lowest BCUT2D eigenvalue weighted by Gasteiger charge is -2.27. The molecule has 0 bridgehead atoms. The summed E-state index contributed by atoms with van der Waals surface area (Å²) in [5, 5.41) is 0. The molecule has 3 aliphatic rings. The number of ether oxygens (including phenoxy) is 2. The Bertz CT molecular complexity index is 1400. The normalized spacial score (nSPS) is 24.3. The van der Waals surface area contributed by atoms with Crippen LogP contribution in [0.15, 0.2) is 77.3 Å². The molecule has 0 unspecified atom stereocenters. The highest BCUT2D eigenvalue weighted by Crippen LogP contribution is 2.57. The third-order valence-electron chi connectivity index (χ3n) is 7.03. The van der Waals surface area contributed by atoms with Crippen molar-refractivity contribution in [3.63, 3.8) is 0 Å². The van der Waals surface area contributed by atoms with Gasteiger partial charge in [0.05, 0.1) is 30.7 Å². The van der Waals surface area contributed by atoms with Gasteiger partial charge in [0.15, 0.2) is 0 Å². The number of nitrogens with zero attached hydrogens (tertiary/aromatic N) is 1. The second-order valence-corrected chi connectivity index (χ2v) is 9.66. The molecule has 3 aromatic rings. The molecule has 35 heavy (non-hydrogen) atoms. The number of anilines is 1. The first-order chi connectivity index (χ1) is 16.9. The van der Waals surface area contributed by atoms with Gasteiger partial charge in [0.2, 0.25) is 29.0 Å². The van der Waals surface area contributed by atoms with Gasteiger partial charge in [-0.15, -0.1) is 0 Å². The van der Waals surface area contributed by atoms with Crippen LogP contribution in [0.25, 0.3) is 0 Å². The predicted molar refractivity (Wildman–Crippen MR) is 128 cm³/mol. The van der Waals surface area contributed by atoms with E-state index in [1.54, 1.807) is 72.8 Å². The number of carbonyl (C=O) groups excluding carboxylic acids is 4. The average molecular weight is 532 g/mol. The van der Waals surface area contributed by atoms with Crippen molar-refractivity contribution in [1.82, 2.24) is 0 Å². The number of carbonyl (C=O) groups is 4. The zero-order valence-corrected chi connectivity index (χ0v) is 20.0. The number of halogens is 1. The molecule has 2 amide bonds. The second kappa shape index (κ2) is 7.69. The number of amides is 2. The Morgan fingerprint density at radius 2 is 1.51 bits per heavy atom. The fraction of sp³-hybridized carbons (Fsp3) is 0.185. The summed E-state index contributed by atoms with van der Waals surface area (Å²) < 4.78 is 12.4. The molecule has 3 aromatic carbocycles. The van der Waals surface area contributed by atoms with E-state index in [2.05, 4.69) is 15.9 Å². The van der Waals surface area contributed by atoms with Crippen molar-refractivity contribution in [3.8, 4) is 5.75 Å². The summed E-state index contributed by atoms with van der Waals surface area (Å²) in [7, 11) is 1.49. The molecular weight excluding hydrogens is 514 g/mol. The molecule has 1 aliphatic carbocycles. The zero-order chi connectivity index (χ0) is 24.5. The summed E-state index contributed by atoms with van der Waals surface area (Å²) in [6.07, 6.45) is -0.956. The number of fused-ring (bicyclic) bond motifs is 3. The number of hydrogen-bond acceptors (Lipinski definition) is 6. The van der Waals surface area contributed by atoms with Crippen molar-refractivity contribution in [2.75, 3.05) is 12.0 Å². The number of rotatable bonds is 3. The fourth-order valence-corrected chi connectivity index (χ4v) is 5.74. The molecule has 0 aromatic heterocycles. The van der Waals surface area contributed by atoms with Gasteiger partial charge >= 0.3 is 0 Å². The summed E-state index contributed by atoms with van der Waals surface area (Å²) in [6.45, 7) is 0. The fourth-order valence-electron chi connectivity index (χ4n) is 5.47. The van der Waals surface area contributed by atoms with Crippen LogP contribution in [0.2, 0.25) is 0 Å². The van der Waals surface area contributed by atoms with Crippen LogP contribution in [-0.4, -0.2) is 36.1 Å². The van der Waals surface area contributed by atoms with Crippen LogP contribution < -0.4 is 9.64 Å². The summed E-state index contributed by atoms with van der Waals surface area (Å²) in [4.78, 5) is 56.3. The highest BCUT2D eigenvalue weighted by atomic mass is 79.9. The minimum absolute atomic E-state index is 0.202. The van der Waals surface area contributed by atoms with E-state index >= 15 is 0 Å². The molecule has 2 saturated heterocycles. The summed E-state index contributed by atoms with van der Waals surface area (Å²) in [5.74, 6) is -4.19. The SMILES string of the molecule is COc1cccc(N2C(=O)[C@H]3[C@H](c4ccc(Br)cc4)OC4(C(=O)c5ccccc5C4=O)[C@H]3C2=O)c1. The molecule has 7 nitrogen and oxygen atoms in total. The predicted octanol–water partition coefficient (Wildman–Crippen LogP) is 4.15. The molecule has 1 spiro atoms. The van der Waals surface area contributed by atoms with Gasteiger partial charge in [-0.1, -0.05) is 58.4 Å². The maximum atomic E-state index is 13.9. The van der Waals surface area contributed by atoms with Crippen LogP contribution in [0.1, 0.15) is 32.4 Å². The lowest BCUT2D eigenvalue weighted by Crippen LogP contribution is -2.51. The highest BCUT2D eigenvalue weighted by Gasteiger charge is 2.74. The van der Waals surface area contributed by atoms with E-state index < -0.39 is 46.9 Å². The Kier molecular flexibility index (Phi) is 4.81. The number of ketones is 2. The lowest BCUT2D eigenvalue weighted by molar-refractivity contribution is -0.127. The Labute approximate surface area is 208 Å². The van der Waals surface area contributed by atoms with Gasteiger partial charge in [-0.25, -0.2) is 4.90 Å². The van der Waals surface area contributed by atoms with E-state index in [1.807, 2.05) is 0 Å². The van der Waals surface area contributed by atoms with Gasteiger partial charge < -0.3 is 9.47 Å². The van der Waals surface area contributed by atoms with E-state index in [0.29, 0.717) is 17.0 Å². The summed E-state index contributed by atoms with van der Waals surface area (Å²) in [6, 6.07) is 20.1. The molecule has 2 fully saturated rings. The molecule has 8 heteroatoms. The van der Waals surface area contributed by atoms with Gasteiger partial charge in [0.1, 0.15) is 5.75 Å². The smallest absolute Gasteiger partial charge is 0.241 e. The molecular formula is C27H18BrNO6.